The van der Waals surface area contributed by atoms with Crippen LogP contribution in [0.2, 0.25) is 0 Å². The number of carbonyl (C=O) groups is 2. The molecule has 7 heteroatoms. The fourth-order valence-electron chi connectivity index (χ4n) is 1.56. The van der Waals surface area contributed by atoms with Crippen molar-refractivity contribution >= 4 is 23.3 Å². The van der Waals surface area contributed by atoms with E-state index in [-0.39, 0.29) is 29.3 Å². The minimum Gasteiger partial charge on any atom is -0.478 e. The summed E-state index contributed by atoms with van der Waals surface area (Å²) in [6.45, 7) is 3.95. The summed E-state index contributed by atoms with van der Waals surface area (Å²) in [7, 11) is 0. The van der Waals surface area contributed by atoms with Crippen molar-refractivity contribution in [1.82, 2.24) is 0 Å². The molecule has 0 saturated carbocycles. The molecule has 0 aliphatic heterocycles. The molecule has 0 spiro atoms. The third-order valence-electron chi connectivity index (χ3n) is 2.61. The number of nitro groups is 1. The van der Waals surface area contributed by atoms with E-state index in [2.05, 4.69) is 5.32 Å². The first kappa shape index (κ1) is 15.6. The highest BCUT2D eigenvalue weighted by atomic mass is 16.6. The molecule has 0 heterocycles. The molecule has 0 atom stereocenters. The Bertz CT molecular complexity index is 507. The lowest BCUT2D eigenvalue weighted by Crippen LogP contribution is -2.13. The van der Waals surface area contributed by atoms with Crippen LogP contribution in [-0.4, -0.2) is 21.9 Å². The monoisotopic (exact) mass is 280 g/mol. The Kier molecular flexibility index (Phi) is 5.19. The van der Waals surface area contributed by atoms with Crippen molar-refractivity contribution in [1.29, 1.82) is 0 Å². The molecular formula is C13H16N2O5. The van der Waals surface area contributed by atoms with Gasteiger partial charge in [0.25, 0.3) is 5.69 Å². The highest BCUT2D eigenvalue weighted by Crippen LogP contribution is 2.21. The Morgan fingerprint density at radius 3 is 2.50 bits per heavy atom. The molecule has 1 aromatic carbocycles. The van der Waals surface area contributed by atoms with Gasteiger partial charge >= 0.3 is 5.97 Å². The Morgan fingerprint density at radius 2 is 2.00 bits per heavy atom. The largest absolute Gasteiger partial charge is 0.478 e. The maximum atomic E-state index is 11.7. The second kappa shape index (κ2) is 6.65. The van der Waals surface area contributed by atoms with Gasteiger partial charge in [-0.2, -0.15) is 0 Å². The normalized spacial score (nSPS) is 10.3. The van der Waals surface area contributed by atoms with E-state index in [4.69, 9.17) is 5.11 Å². The van der Waals surface area contributed by atoms with Crippen molar-refractivity contribution < 1.29 is 19.6 Å². The molecule has 20 heavy (non-hydrogen) atoms. The maximum Gasteiger partial charge on any atom is 0.336 e. The maximum absolute atomic E-state index is 11.7. The van der Waals surface area contributed by atoms with Crippen molar-refractivity contribution in [3.05, 3.63) is 33.9 Å². The van der Waals surface area contributed by atoms with Gasteiger partial charge in [0.2, 0.25) is 5.91 Å². The van der Waals surface area contributed by atoms with Gasteiger partial charge < -0.3 is 10.4 Å². The third kappa shape index (κ3) is 4.68. The first-order valence-corrected chi connectivity index (χ1v) is 6.12. The van der Waals surface area contributed by atoms with Crippen LogP contribution in [0.1, 0.15) is 37.0 Å². The Morgan fingerprint density at radius 1 is 1.35 bits per heavy atom. The van der Waals surface area contributed by atoms with Crippen molar-refractivity contribution in [2.24, 2.45) is 5.92 Å². The summed E-state index contributed by atoms with van der Waals surface area (Å²) in [5.41, 5.74) is -0.493. The van der Waals surface area contributed by atoms with Crippen LogP contribution in [0, 0.1) is 16.0 Å². The zero-order chi connectivity index (χ0) is 15.3. The average molecular weight is 280 g/mol. The van der Waals surface area contributed by atoms with Crippen LogP contribution < -0.4 is 5.32 Å². The van der Waals surface area contributed by atoms with Crippen molar-refractivity contribution in [3.63, 3.8) is 0 Å². The zero-order valence-corrected chi connectivity index (χ0v) is 11.3. The zero-order valence-electron chi connectivity index (χ0n) is 11.3. The van der Waals surface area contributed by atoms with Gasteiger partial charge in [0, 0.05) is 24.2 Å². The van der Waals surface area contributed by atoms with Gasteiger partial charge in [-0.1, -0.05) is 13.8 Å². The van der Waals surface area contributed by atoms with Gasteiger partial charge in [0.15, 0.2) is 0 Å². The molecule has 0 fully saturated rings. The minimum absolute atomic E-state index is 0.116. The highest BCUT2D eigenvalue weighted by Gasteiger charge is 2.15. The summed E-state index contributed by atoms with van der Waals surface area (Å²) in [5, 5.41) is 22.1. The number of carbonyl (C=O) groups excluding carboxylic acids is 1. The standard InChI is InChI=1S/C13H16N2O5/c1-8(2)3-4-12(16)14-10-5-9(13(17)18)6-11(7-10)15(19)20/h5-8H,3-4H2,1-2H3,(H,14,16)(H,17,18). The smallest absolute Gasteiger partial charge is 0.336 e. The topological polar surface area (TPSA) is 110 Å². The summed E-state index contributed by atoms with van der Waals surface area (Å²) in [6, 6.07) is 3.29. The van der Waals surface area contributed by atoms with Gasteiger partial charge in [0.1, 0.15) is 0 Å². The number of hydrogen-bond donors (Lipinski definition) is 2. The number of rotatable bonds is 6. The first-order chi connectivity index (χ1) is 9.29. The van der Waals surface area contributed by atoms with Crippen LogP contribution in [0.4, 0.5) is 11.4 Å². The minimum atomic E-state index is -1.29. The summed E-state index contributed by atoms with van der Waals surface area (Å²) in [5.74, 6) is -1.22. The molecule has 0 aromatic heterocycles. The molecule has 2 N–H and O–H groups in total. The lowest BCUT2D eigenvalue weighted by Gasteiger charge is -2.07. The number of aromatic carboxylic acids is 1. The SMILES string of the molecule is CC(C)CCC(=O)Nc1cc(C(=O)O)cc([N+](=O)[O-])c1. The molecule has 0 aliphatic carbocycles. The quantitative estimate of drug-likeness (QED) is 0.615. The predicted molar refractivity (Wildman–Crippen MR) is 72.8 cm³/mol. The van der Waals surface area contributed by atoms with E-state index in [1.165, 1.54) is 6.07 Å². The predicted octanol–water partition coefficient (Wildman–Crippen LogP) is 2.67. The van der Waals surface area contributed by atoms with Gasteiger partial charge in [-0.15, -0.1) is 0 Å². The van der Waals surface area contributed by atoms with E-state index < -0.39 is 10.9 Å². The van der Waals surface area contributed by atoms with Gasteiger partial charge in [-0.25, -0.2) is 4.79 Å². The second-order valence-electron chi connectivity index (χ2n) is 4.81. The average Bonchev–Trinajstić information content (AvgIpc) is 2.35. The van der Waals surface area contributed by atoms with E-state index in [1.807, 2.05) is 13.8 Å². The molecule has 1 rings (SSSR count). The van der Waals surface area contributed by atoms with Crippen LogP contribution in [0.3, 0.4) is 0 Å². The van der Waals surface area contributed by atoms with Crippen molar-refractivity contribution in [2.75, 3.05) is 5.32 Å². The Balaban J connectivity index is 2.91. The van der Waals surface area contributed by atoms with Crippen LogP contribution >= 0.6 is 0 Å². The Labute approximate surface area is 115 Å². The number of nitrogens with one attached hydrogen (secondary N) is 1. The van der Waals surface area contributed by atoms with Crippen LogP contribution in [0.25, 0.3) is 0 Å². The summed E-state index contributed by atoms with van der Waals surface area (Å²) in [6.07, 6.45) is 0.968. The van der Waals surface area contributed by atoms with E-state index in [1.54, 1.807) is 0 Å². The number of hydrogen-bond acceptors (Lipinski definition) is 4. The third-order valence-corrected chi connectivity index (χ3v) is 2.61. The first-order valence-electron chi connectivity index (χ1n) is 6.12. The van der Waals surface area contributed by atoms with E-state index in [0.29, 0.717) is 12.3 Å². The Hall–Kier alpha value is -2.44. The molecule has 1 aromatic rings. The number of benzene rings is 1. The van der Waals surface area contributed by atoms with E-state index in [9.17, 15) is 19.7 Å². The van der Waals surface area contributed by atoms with Gasteiger partial charge in [-0.05, 0) is 18.4 Å². The van der Waals surface area contributed by atoms with E-state index >= 15 is 0 Å². The molecule has 108 valence electrons. The second-order valence-corrected chi connectivity index (χ2v) is 4.81. The number of anilines is 1. The van der Waals surface area contributed by atoms with Crippen LogP contribution in [-0.2, 0) is 4.79 Å². The van der Waals surface area contributed by atoms with Crippen molar-refractivity contribution in [3.8, 4) is 0 Å². The number of carboxylic acids is 1. The molecule has 7 nitrogen and oxygen atoms in total. The molecular weight excluding hydrogens is 264 g/mol. The van der Waals surface area contributed by atoms with E-state index in [0.717, 1.165) is 12.1 Å². The highest BCUT2D eigenvalue weighted by molar-refractivity contribution is 5.94. The summed E-state index contributed by atoms with van der Waals surface area (Å²) in [4.78, 5) is 32.6. The summed E-state index contributed by atoms with van der Waals surface area (Å²) < 4.78 is 0. The molecule has 0 unspecified atom stereocenters. The molecule has 0 aliphatic rings. The number of non-ortho nitro benzene ring substituents is 1. The lowest BCUT2D eigenvalue weighted by molar-refractivity contribution is -0.384. The van der Waals surface area contributed by atoms with Crippen molar-refractivity contribution in [2.45, 2.75) is 26.7 Å². The van der Waals surface area contributed by atoms with Gasteiger partial charge in [-0.3, -0.25) is 14.9 Å². The molecule has 0 bridgehead atoms. The summed E-state index contributed by atoms with van der Waals surface area (Å²) >= 11 is 0. The number of nitrogens with zero attached hydrogens (tertiary/aromatic N) is 1. The molecule has 0 saturated heterocycles. The van der Waals surface area contributed by atoms with Gasteiger partial charge in [0.05, 0.1) is 10.5 Å². The van der Waals surface area contributed by atoms with Crippen LogP contribution in [0.15, 0.2) is 18.2 Å². The number of nitro benzene ring substituents is 1. The lowest BCUT2D eigenvalue weighted by atomic mass is 10.1. The fourth-order valence-corrected chi connectivity index (χ4v) is 1.56. The molecule has 1 amide bonds. The fraction of sp³-hybridized carbons (Fsp3) is 0.385. The molecule has 0 radical (unpaired) electrons. The van der Waals surface area contributed by atoms with Crippen LogP contribution in [0.5, 0.6) is 0 Å². The number of carboxylic acid groups (broad SMARTS) is 1. The number of amides is 1.